The van der Waals surface area contributed by atoms with Crippen LogP contribution in [0.4, 0.5) is 0 Å². The molecule has 0 aliphatic heterocycles. The highest BCUT2D eigenvalue weighted by molar-refractivity contribution is 9.10. The molecule has 7 heteroatoms. The molecule has 0 amide bonds. The number of aromatic nitrogens is 5. The summed E-state index contributed by atoms with van der Waals surface area (Å²) < 4.78 is 2.65. The fourth-order valence-corrected chi connectivity index (χ4v) is 1.83. The zero-order valence-corrected chi connectivity index (χ0v) is 10.7. The quantitative estimate of drug-likeness (QED) is 0.648. The highest BCUT2D eigenvalue weighted by Crippen LogP contribution is 2.18. The van der Waals surface area contributed by atoms with Gasteiger partial charge in [0, 0.05) is 16.7 Å². The van der Waals surface area contributed by atoms with Crippen LogP contribution < -0.4 is 0 Å². The molecule has 17 heavy (non-hydrogen) atoms. The molecular weight excluding hydrogens is 306 g/mol. The molecule has 0 aliphatic rings. The van der Waals surface area contributed by atoms with Crippen LogP contribution in [0.15, 0.2) is 35.2 Å². The van der Waals surface area contributed by atoms with Crippen LogP contribution in [0.5, 0.6) is 0 Å². The summed E-state index contributed by atoms with van der Waals surface area (Å²) in [7, 11) is 0. The molecule has 3 rings (SSSR count). The number of pyridine rings is 1. The van der Waals surface area contributed by atoms with Gasteiger partial charge in [-0.2, -0.15) is 0 Å². The molecular formula is C10H5BrClN5. The third-order valence-electron chi connectivity index (χ3n) is 2.22. The Labute approximate surface area is 110 Å². The summed E-state index contributed by atoms with van der Waals surface area (Å²) in [6.07, 6.45) is 3.29. The van der Waals surface area contributed by atoms with Gasteiger partial charge in [-0.3, -0.25) is 9.38 Å². The van der Waals surface area contributed by atoms with Crippen molar-refractivity contribution in [2.75, 3.05) is 0 Å². The van der Waals surface area contributed by atoms with Crippen molar-refractivity contribution in [2.45, 2.75) is 0 Å². The van der Waals surface area contributed by atoms with Gasteiger partial charge in [-0.1, -0.05) is 11.6 Å². The highest BCUT2D eigenvalue weighted by atomic mass is 79.9. The van der Waals surface area contributed by atoms with E-state index in [4.69, 9.17) is 11.6 Å². The van der Waals surface area contributed by atoms with Gasteiger partial charge in [0.15, 0.2) is 11.5 Å². The van der Waals surface area contributed by atoms with Gasteiger partial charge in [-0.15, -0.1) is 10.2 Å². The first-order valence-corrected chi connectivity index (χ1v) is 5.89. The summed E-state index contributed by atoms with van der Waals surface area (Å²) in [4.78, 5) is 8.26. The fraction of sp³-hybridized carbons (Fsp3) is 0. The second-order valence-electron chi connectivity index (χ2n) is 3.33. The van der Waals surface area contributed by atoms with Crippen LogP contribution in [0.25, 0.3) is 17.2 Å². The van der Waals surface area contributed by atoms with Crippen molar-refractivity contribution in [1.82, 2.24) is 24.6 Å². The average Bonchev–Trinajstić information content (AvgIpc) is 2.73. The van der Waals surface area contributed by atoms with Crippen LogP contribution in [0, 0.1) is 0 Å². The first-order valence-electron chi connectivity index (χ1n) is 4.72. The fourth-order valence-electron chi connectivity index (χ4n) is 1.46. The molecule has 0 aliphatic carbocycles. The zero-order chi connectivity index (χ0) is 11.8. The third kappa shape index (κ3) is 1.89. The minimum atomic E-state index is 0.389. The largest absolute Gasteiger partial charge is 0.264 e. The molecule has 0 atom stereocenters. The second kappa shape index (κ2) is 4.05. The Balaban J connectivity index is 2.21. The van der Waals surface area contributed by atoms with Gasteiger partial charge < -0.3 is 0 Å². The van der Waals surface area contributed by atoms with Gasteiger partial charge in [0.05, 0.1) is 0 Å². The number of fused-ring (bicyclic) bond motifs is 1. The zero-order valence-electron chi connectivity index (χ0n) is 8.38. The van der Waals surface area contributed by atoms with E-state index in [9.17, 15) is 0 Å². The van der Waals surface area contributed by atoms with Crippen molar-refractivity contribution >= 4 is 33.2 Å². The first kappa shape index (κ1) is 10.6. The maximum atomic E-state index is 5.78. The van der Waals surface area contributed by atoms with Gasteiger partial charge in [-0.05, 0) is 28.1 Å². The normalized spacial score (nSPS) is 10.9. The van der Waals surface area contributed by atoms with Crippen molar-refractivity contribution in [3.8, 4) is 11.5 Å². The molecule has 3 aromatic rings. The molecule has 0 spiro atoms. The van der Waals surface area contributed by atoms with Crippen LogP contribution >= 0.6 is 27.5 Å². The third-order valence-corrected chi connectivity index (χ3v) is 2.90. The molecule has 0 radical (unpaired) electrons. The number of nitrogens with zero attached hydrogens (tertiary/aromatic N) is 5. The average molecular weight is 311 g/mol. The number of halogens is 2. The number of rotatable bonds is 1. The predicted octanol–water partition coefficient (Wildman–Crippen LogP) is 2.60. The van der Waals surface area contributed by atoms with E-state index in [2.05, 4.69) is 36.1 Å². The van der Waals surface area contributed by atoms with E-state index in [-0.39, 0.29) is 0 Å². The molecule has 5 nitrogen and oxygen atoms in total. The van der Waals surface area contributed by atoms with E-state index in [1.165, 1.54) is 0 Å². The van der Waals surface area contributed by atoms with Crippen LogP contribution in [0.3, 0.4) is 0 Å². The lowest BCUT2D eigenvalue weighted by Gasteiger charge is -1.98. The van der Waals surface area contributed by atoms with E-state index >= 15 is 0 Å². The van der Waals surface area contributed by atoms with E-state index in [0.717, 1.165) is 10.2 Å². The first-order chi connectivity index (χ1) is 8.24. The molecule has 0 N–H and O–H groups in total. The molecule has 0 saturated heterocycles. The van der Waals surface area contributed by atoms with Crippen molar-refractivity contribution in [3.63, 3.8) is 0 Å². The van der Waals surface area contributed by atoms with Crippen molar-refractivity contribution in [2.24, 2.45) is 0 Å². The maximum absolute atomic E-state index is 5.78. The lowest BCUT2D eigenvalue weighted by molar-refractivity contribution is 1.06. The maximum Gasteiger partial charge on any atom is 0.188 e. The summed E-state index contributed by atoms with van der Waals surface area (Å²) in [6.45, 7) is 0. The Morgan fingerprint density at radius 1 is 1.18 bits per heavy atom. The van der Waals surface area contributed by atoms with Crippen LogP contribution in [0.1, 0.15) is 0 Å². The molecule has 3 aromatic heterocycles. The Morgan fingerprint density at radius 3 is 2.82 bits per heavy atom. The minimum Gasteiger partial charge on any atom is -0.264 e. The topological polar surface area (TPSA) is 56.0 Å². The molecule has 84 valence electrons. The highest BCUT2D eigenvalue weighted by Gasteiger charge is 2.09. The Bertz CT molecular complexity index is 679. The summed E-state index contributed by atoms with van der Waals surface area (Å²) in [5.41, 5.74) is 1.37. The van der Waals surface area contributed by atoms with Gasteiger partial charge in [-0.25, -0.2) is 4.98 Å². The van der Waals surface area contributed by atoms with Crippen LogP contribution in [-0.4, -0.2) is 24.6 Å². The SMILES string of the molecule is Clc1cc2nnc(-c3ccc(Br)cn3)n2cn1. The predicted molar refractivity (Wildman–Crippen MR) is 66.7 cm³/mol. The minimum absolute atomic E-state index is 0.389. The van der Waals surface area contributed by atoms with E-state index in [1.807, 2.05) is 12.1 Å². The molecule has 0 aromatic carbocycles. The Hall–Kier alpha value is -1.53. The van der Waals surface area contributed by atoms with Gasteiger partial charge in [0.25, 0.3) is 0 Å². The summed E-state index contributed by atoms with van der Waals surface area (Å²) >= 11 is 9.11. The van der Waals surface area contributed by atoms with Crippen molar-refractivity contribution in [1.29, 1.82) is 0 Å². The molecule has 0 saturated carbocycles. The van der Waals surface area contributed by atoms with E-state index < -0.39 is 0 Å². The summed E-state index contributed by atoms with van der Waals surface area (Å²) in [5.74, 6) is 0.636. The Morgan fingerprint density at radius 2 is 2.06 bits per heavy atom. The van der Waals surface area contributed by atoms with Crippen molar-refractivity contribution in [3.05, 3.63) is 40.3 Å². The second-order valence-corrected chi connectivity index (χ2v) is 4.63. The van der Waals surface area contributed by atoms with E-state index in [0.29, 0.717) is 16.6 Å². The standard InChI is InChI=1S/C10H5BrClN5/c11-6-1-2-7(13-4-6)10-16-15-9-3-8(12)14-5-17(9)10/h1-5H. The lowest BCUT2D eigenvalue weighted by Crippen LogP contribution is -1.92. The molecule has 0 fully saturated rings. The van der Waals surface area contributed by atoms with E-state index in [1.54, 1.807) is 23.0 Å². The van der Waals surface area contributed by atoms with Crippen LogP contribution in [0.2, 0.25) is 5.15 Å². The number of hydrogen-bond acceptors (Lipinski definition) is 4. The summed E-state index contributed by atoms with van der Waals surface area (Å²) in [5, 5.41) is 8.48. The van der Waals surface area contributed by atoms with Crippen molar-refractivity contribution < 1.29 is 0 Å². The molecule has 0 bridgehead atoms. The van der Waals surface area contributed by atoms with Gasteiger partial charge in [0.1, 0.15) is 17.2 Å². The van der Waals surface area contributed by atoms with Crippen LogP contribution in [-0.2, 0) is 0 Å². The van der Waals surface area contributed by atoms with Gasteiger partial charge in [0.2, 0.25) is 0 Å². The molecule has 0 unspecified atom stereocenters. The smallest absolute Gasteiger partial charge is 0.188 e. The monoisotopic (exact) mass is 309 g/mol. The lowest BCUT2D eigenvalue weighted by atomic mass is 10.3. The van der Waals surface area contributed by atoms with Gasteiger partial charge >= 0.3 is 0 Å². The summed E-state index contributed by atoms with van der Waals surface area (Å²) in [6, 6.07) is 5.40. The number of hydrogen-bond donors (Lipinski definition) is 0. The Kier molecular flexibility index (Phi) is 2.53. The molecule has 3 heterocycles.